The van der Waals surface area contributed by atoms with Crippen molar-refractivity contribution in [2.75, 3.05) is 26.9 Å². The van der Waals surface area contributed by atoms with Gasteiger partial charge in [-0.15, -0.1) is 0 Å². The van der Waals surface area contributed by atoms with Gasteiger partial charge >= 0.3 is 0 Å². The summed E-state index contributed by atoms with van der Waals surface area (Å²) in [5.74, 6) is 0. The zero-order valence-electron chi connectivity index (χ0n) is 6.92. The summed E-state index contributed by atoms with van der Waals surface area (Å²) in [6.07, 6.45) is -0.0509. The van der Waals surface area contributed by atoms with Gasteiger partial charge in [0.15, 0.2) is 6.29 Å². The summed E-state index contributed by atoms with van der Waals surface area (Å²) in [6.45, 7) is 6.52. The van der Waals surface area contributed by atoms with Crippen molar-refractivity contribution in [1.29, 1.82) is 0 Å². The molecule has 1 unspecified atom stereocenters. The highest BCUT2D eigenvalue weighted by Crippen LogP contribution is 1.87. The maximum absolute atomic E-state index is 4.97. The molecule has 3 heteroatoms. The molecule has 0 N–H and O–H groups in total. The van der Waals surface area contributed by atoms with Crippen molar-refractivity contribution in [3.05, 3.63) is 0 Å². The van der Waals surface area contributed by atoms with Crippen LogP contribution < -0.4 is 0 Å². The van der Waals surface area contributed by atoms with E-state index >= 15 is 0 Å². The molecule has 1 atom stereocenters. The second kappa shape index (κ2) is 6.99. The zero-order chi connectivity index (χ0) is 7.82. The third-order valence-electron chi connectivity index (χ3n) is 0.937. The van der Waals surface area contributed by atoms with Crippen LogP contribution in [-0.2, 0) is 14.2 Å². The molecule has 0 radical (unpaired) electrons. The van der Waals surface area contributed by atoms with Gasteiger partial charge in [-0.2, -0.15) is 0 Å². The minimum absolute atomic E-state index is 0.0509. The van der Waals surface area contributed by atoms with Gasteiger partial charge in [0.25, 0.3) is 0 Å². The van der Waals surface area contributed by atoms with Crippen molar-refractivity contribution in [2.24, 2.45) is 0 Å². The Morgan fingerprint density at radius 2 is 2.00 bits per heavy atom. The molecule has 1 aliphatic rings. The molecule has 0 aromatic heterocycles. The van der Waals surface area contributed by atoms with E-state index in [1.54, 1.807) is 7.11 Å². The molecule has 10 heavy (non-hydrogen) atoms. The lowest BCUT2D eigenvalue weighted by Crippen LogP contribution is -2.08. The fraction of sp³-hybridized carbons (Fsp3) is 1.00. The molecule has 0 amide bonds. The third-order valence-corrected chi connectivity index (χ3v) is 0.937. The summed E-state index contributed by atoms with van der Waals surface area (Å²) in [5, 5.41) is 0. The first-order chi connectivity index (χ1) is 4.81. The van der Waals surface area contributed by atoms with Crippen LogP contribution in [-0.4, -0.2) is 33.2 Å². The summed E-state index contributed by atoms with van der Waals surface area (Å²) in [6, 6.07) is 0. The molecular weight excluding hydrogens is 132 g/mol. The number of epoxide rings is 1. The highest BCUT2D eigenvalue weighted by atomic mass is 16.7. The monoisotopic (exact) mass is 148 g/mol. The molecule has 3 nitrogen and oxygen atoms in total. The topological polar surface area (TPSA) is 31.0 Å². The molecule has 0 aliphatic carbocycles. The Kier molecular flexibility index (Phi) is 6.91. The molecule has 0 aromatic carbocycles. The van der Waals surface area contributed by atoms with E-state index in [-0.39, 0.29) is 6.29 Å². The van der Waals surface area contributed by atoms with Crippen molar-refractivity contribution in [3.8, 4) is 0 Å². The van der Waals surface area contributed by atoms with Gasteiger partial charge in [0.1, 0.15) is 0 Å². The van der Waals surface area contributed by atoms with Crippen LogP contribution in [0.3, 0.4) is 0 Å². The van der Waals surface area contributed by atoms with E-state index in [2.05, 4.69) is 4.74 Å². The van der Waals surface area contributed by atoms with Gasteiger partial charge < -0.3 is 14.2 Å². The Hall–Kier alpha value is -0.120. The molecule has 1 aliphatic heterocycles. The standard InChI is InChI=1S/C5H12O2.C2H4O/c1-4-7-5(2)6-3;1-2-3-1/h5H,4H2,1-3H3;1-2H2. The first-order valence-electron chi connectivity index (χ1n) is 3.53. The summed E-state index contributed by atoms with van der Waals surface area (Å²) in [7, 11) is 1.63. The number of methoxy groups -OCH3 is 1. The van der Waals surface area contributed by atoms with Gasteiger partial charge in [-0.3, -0.25) is 0 Å². The van der Waals surface area contributed by atoms with Crippen molar-refractivity contribution in [2.45, 2.75) is 20.1 Å². The van der Waals surface area contributed by atoms with Crippen LogP contribution >= 0.6 is 0 Å². The van der Waals surface area contributed by atoms with Crippen LogP contribution in [0, 0.1) is 0 Å². The Morgan fingerprint density at radius 3 is 2.10 bits per heavy atom. The van der Waals surface area contributed by atoms with Crippen LogP contribution in [0.25, 0.3) is 0 Å². The van der Waals surface area contributed by atoms with E-state index in [0.29, 0.717) is 0 Å². The second-order valence-corrected chi connectivity index (χ2v) is 1.87. The Morgan fingerprint density at radius 1 is 1.50 bits per heavy atom. The lowest BCUT2D eigenvalue weighted by Gasteiger charge is -2.06. The largest absolute Gasteiger partial charge is 0.377 e. The molecule has 0 bridgehead atoms. The predicted molar refractivity (Wildman–Crippen MR) is 38.9 cm³/mol. The van der Waals surface area contributed by atoms with Gasteiger partial charge in [-0.25, -0.2) is 0 Å². The SMILES string of the molecule is C1CO1.CCOC(C)OC. The van der Waals surface area contributed by atoms with E-state index in [0.717, 1.165) is 19.8 Å². The van der Waals surface area contributed by atoms with Gasteiger partial charge in [0.05, 0.1) is 13.2 Å². The molecule has 0 aromatic rings. The van der Waals surface area contributed by atoms with E-state index < -0.39 is 0 Å². The maximum Gasteiger partial charge on any atom is 0.154 e. The normalized spacial score (nSPS) is 17.1. The minimum Gasteiger partial charge on any atom is -0.377 e. The fourth-order valence-corrected chi connectivity index (χ4v) is 0.303. The lowest BCUT2D eigenvalue weighted by molar-refractivity contribution is -0.106. The van der Waals surface area contributed by atoms with Gasteiger partial charge in [0.2, 0.25) is 0 Å². The molecule has 1 rings (SSSR count). The average molecular weight is 148 g/mol. The molecule has 1 saturated heterocycles. The molecular formula is C7H16O3. The van der Waals surface area contributed by atoms with Crippen LogP contribution in [0.5, 0.6) is 0 Å². The lowest BCUT2D eigenvalue weighted by atomic mass is 10.7. The summed E-state index contributed by atoms with van der Waals surface area (Å²) < 4.78 is 14.2. The van der Waals surface area contributed by atoms with Crippen LogP contribution in [0.1, 0.15) is 13.8 Å². The smallest absolute Gasteiger partial charge is 0.154 e. The summed E-state index contributed by atoms with van der Waals surface area (Å²) in [4.78, 5) is 0. The maximum atomic E-state index is 4.97. The minimum atomic E-state index is -0.0509. The Labute approximate surface area is 62.3 Å². The van der Waals surface area contributed by atoms with Crippen molar-refractivity contribution >= 4 is 0 Å². The highest BCUT2D eigenvalue weighted by Gasteiger charge is 1.94. The number of hydrogen-bond donors (Lipinski definition) is 0. The molecule has 0 spiro atoms. The van der Waals surface area contributed by atoms with Crippen molar-refractivity contribution in [3.63, 3.8) is 0 Å². The molecule has 0 saturated carbocycles. The molecule has 62 valence electrons. The zero-order valence-corrected chi connectivity index (χ0v) is 6.92. The number of rotatable bonds is 3. The van der Waals surface area contributed by atoms with Gasteiger partial charge in [0, 0.05) is 13.7 Å². The number of ether oxygens (including phenoxy) is 3. The summed E-state index contributed by atoms with van der Waals surface area (Å²) >= 11 is 0. The van der Waals surface area contributed by atoms with Crippen LogP contribution in [0.15, 0.2) is 0 Å². The fourth-order valence-electron chi connectivity index (χ4n) is 0.303. The molecule has 1 fully saturated rings. The van der Waals surface area contributed by atoms with Gasteiger partial charge in [-0.1, -0.05) is 0 Å². The average Bonchev–Trinajstić information content (AvgIpc) is 2.73. The van der Waals surface area contributed by atoms with E-state index in [1.807, 2.05) is 13.8 Å². The van der Waals surface area contributed by atoms with E-state index in [9.17, 15) is 0 Å². The third kappa shape index (κ3) is 10.8. The number of hydrogen-bond acceptors (Lipinski definition) is 3. The van der Waals surface area contributed by atoms with E-state index in [4.69, 9.17) is 9.47 Å². The summed E-state index contributed by atoms with van der Waals surface area (Å²) in [5.41, 5.74) is 0. The van der Waals surface area contributed by atoms with Crippen LogP contribution in [0.2, 0.25) is 0 Å². The first kappa shape index (κ1) is 9.88. The Balaban J connectivity index is 0.000000219. The van der Waals surface area contributed by atoms with Crippen LogP contribution in [0.4, 0.5) is 0 Å². The second-order valence-electron chi connectivity index (χ2n) is 1.87. The predicted octanol–water partition coefficient (Wildman–Crippen LogP) is 1.03. The van der Waals surface area contributed by atoms with Crippen molar-refractivity contribution < 1.29 is 14.2 Å². The Bertz CT molecular complexity index is 61.1. The highest BCUT2D eigenvalue weighted by molar-refractivity contribution is 4.36. The molecule has 1 heterocycles. The van der Waals surface area contributed by atoms with Crippen molar-refractivity contribution in [1.82, 2.24) is 0 Å². The first-order valence-corrected chi connectivity index (χ1v) is 3.53. The van der Waals surface area contributed by atoms with Gasteiger partial charge in [-0.05, 0) is 13.8 Å². The quantitative estimate of drug-likeness (QED) is 0.442. The van der Waals surface area contributed by atoms with E-state index in [1.165, 1.54) is 0 Å².